The van der Waals surface area contributed by atoms with Gasteiger partial charge in [0.1, 0.15) is 12.0 Å². The van der Waals surface area contributed by atoms with Crippen molar-refractivity contribution in [1.82, 2.24) is 10.2 Å². The lowest BCUT2D eigenvalue weighted by Gasteiger charge is -2.33. The van der Waals surface area contributed by atoms with Gasteiger partial charge in [-0.1, -0.05) is 0 Å². The molecule has 82 valence electrons. The summed E-state index contributed by atoms with van der Waals surface area (Å²) >= 11 is 0. The van der Waals surface area contributed by atoms with Crippen molar-refractivity contribution in [2.45, 2.75) is 19.9 Å². The molecule has 0 saturated carbocycles. The average molecular weight is 208 g/mol. The molecular weight excluding hydrogens is 192 g/mol. The van der Waals surface area contributed by atoms with Crippen LogP contribution < -0.4 is 5.32 Å². The van der Waals surface area contributed by atoms with Crippen LogP contribution in [0.5, 0.6) is 0 Å². The maximum Gasteiger partial charge on any atom is 0.257 e. The van der Waals surface area contributed by atoms with E-state index in [1.54, 1.807) is 6.07 Å². The Hall–Kier alpha value is -1.29. The van der Waals surface area contributed by atoms with Gasteiger partial charge in [-0.15, -0.1) is 0 Å². The summed E-state index contributed by atoms with van der Waals surface area (Å²) in [4.78, 5) is 14.0. The van der Waals surface area contributed by atoms with Crippen LogP contribution in [0.3, 0.4) is 0 Å². The molecule has 1 N–H and O–H groups in total. The van der Waals surface area contributed by atoms with Crippen molar-refractivity contribution in [2.24, 2.45) is 0 Å². The second-order valence-corrected chi connectivity index (χ2v) is 4.00. The van der Waals surface area contributed by atoms with Crippen molar-refractivity contribution in [2.75, 3.05) is 19.6 Å². The minimum atomic E-state index is 0.0702. The number of nitrogens with one attached hydrogen (secondary N) is 1. The Morgan fingerprint density at radius 1 is 1.67 bits per heavy atom. The highest BCUT2D eigenvalue weighted by molar-refractivity contribution is 5.94. The minimum Gasteiger partial charge on any atom is -0.469 e. The molecule has 0 radical (unpaired) electrons. The molecule has 1 saturated heterocycles. The third-order valence-corrected chi connectivity index (χ3v) is 2.74. The number of furan rings is 1. The second kappa shape index (κ2) is 4.06. The number of carbonyl (C=O) groups is 1. The standard InChI is InChI=1S/C11H16N2O2/c1-8-6-12-3-4-13(8)11(14)10-5-9(2)15-7-10/h5,7-8,12H,3-4,6H2,1-2H3/t8-/m1/s1. The first-order valence-corrected chi connectivity index (χ1v) is 5.25. The number of rotatable bonds is 1. The number of amides is 1. The third-order valence-electron chi connectivity index (χ3n) is 2.74. The van der Waals surface area contributed by atoms with Crippen LogP contribution in [-0.2, 0) is 0 Å². The summed E-state index contributed by atoms with van der Waals surface area (Å²) in [5, 5.41) is 3.26. The molecule has 1 aromatic rings. The van der Waals surface area contributed by atoms with Gasteiger partial charge in [0.05, 0.1) is 5.56 Å². The first-order chi connectivity index (χ1) is 7.18. The maximum absolute atomic E-state index is 12.1. The zero-order chi connectivity index (χ0) is 10.8. The van der Waals surface area contributed by atoms with Crippen LogP contribution in [0.2, 0.25) is 0 Å². The van der Waals surface area contributed by atoms with E-state index < -0.39 is 0 Å². The van der Waals surface area contributed by atoms with Crippen LogP contribution in [0.25, 0.3) is 0 Å². The molecule has 4 nitrogen and oxygen atoms in total. The molecule has 2 rings (SSSR count). The fourth-order valence-corrected chi connectivity index (χ4v) is 1.86. The van der Waals surface area contributed by atoms with E-state index in [4.69, 9.17) is 4.42 Å². The number of piperazine rings is 1. The summed E-state index contributed by atoms with van der Waals surface area (Å²) in [6.07, 6.45) is 1.53. The molecule has 1 fully saturated rings. The fourth-order valence-electron chi connectivity index (χ4n) is 1.86. The topological polar surface area (TPSA) is 45.5 Å². The molecular formula is C11H16N2O2. The Kier molecular flexibility index (Phi) is 2.77. The summed E-state index contributed by atoms with van der Waals surface area (Å²) in [6, 6.07) is 2.04. The number of hydrogen-bond donors (Lipinski definition) is 1. The highest BCUT2D eigenvalue weighted by Gasteiger charge is 2.24. The van der Waals surface area contributed by atoms with Gasteiger partial charge < -0.3 is 14.6 Å². The molecule has 1 aliphatic heterocycles. The van der Waals surface area contributed by atoms with Crippen molar-refractivity contribution < 1.29 is 9.21 Å². The largest absolute Gasteiger partial charge is 0.469 e. The van der Waals surface area contributed by atoms with Crippen molar-refractivity contribution >= 4 is 5.91 Å². The Balaban J connectivity index is 2.13. The van der Waals surface area contributed by atoms with Gasteiger partial charge in [0.15, 0.2) is 0 Å². The van der Waals surface area contributed by atoms with E-state index in [2.05, 4.69) is 12.2 Å². The Bertz CT molecular complexity index is 359. The van der Waals surface area contributed by atoms with Crippen LogP contribution in [0.1, 0.15) is 23.0 Å². The molecule has 2 heterocycles. The summed E-state index contributed by atoms with van der Waals surface area (Å²) < 4.78 is 5.15. The zero-order valence-corrected chi connectivity index (χ0v) is 9.12. The molecule has 0 unspecified atom stereocenters. The van der Waals surface area contributed by atoms with Crippen molar-refractivity contribution in [3.05, 3.63) is 23.7 Å². The fraction of sp³-hybridized carbons (Fsp3) is 0.545. The molecule has 0 spiro atoms. The predicted molar refractivity (Wildman–Crippen MR) is 56.8 cm³/mol. The molecule has 0 aliphatic carbocycles. The van der Waals surface area contributed by atoms with E-state index in [-0.39, 0.29) is 11.9 Å². The average Bonchev–Trinajstić information content (AvgIpc) is 2.65. The lowest BCUT2D eigenvalue weighted by Crippen LogP contribution is -2.52. The number of hydrogen-bond acceptors (Lipinski definition) is 3. The summed E-state index contributed by atoms with van der Waals surface area (Å²) in [5.74, 6) is 0.849. The van der Waals surface area contributed by atoms with Gasteiger partial charge in [-0.05, 0) is 19.9 Å². The molecule has 1 amide bonds. The zero-order valence-electron chi connectivity index (χ0n) is 9.12. The van der Waals surface area contributed by atoms with Crippen molar-refractivity contribution in [1.29, 1.82) is 0 Å². The molecule has 0 aromatic carbocycles. The van der Waals surface area contributed by atoms with Gasteiger partial charge in [0.2, 0.25) is 0 Å². The molecule has 4 heteroatoms. The van der Waals surface area contributed by atoms with Crippen LogP contribution in [-0.4, -0.2) is 36.5 Å². The van der Waals surface area contributed by atoms with Gasteiger partial charge >= 0.3 is 0 Å². The van der Waals surface area contributed by atoms with Crippen molar-refractivity contribution in [3.63, 3.8) is 0 Å². The van der Waals surface area contributed by atoms with Gasteiger partial charge in [-0.25, -0.2) is 0 Å². The lowest BCUT2D eigenvalue weighted by atomic mass is 10.2. The Labute approximate surface area is 89.2 Å². The normalized spacial score (nSPS) is 21.7. The SMILES string of the molecule is Cc1cc(C(=O)N2CCNC[C@H]2C)co1. The second-order valence-electron chi connectivity index (χ2n) is 4.00. The van der Waals surface area contributed by atoms with E-state index >= 15 is 0 Å². The first-order valence-electron chi connectivity index (χ1n) is 5.25. The molecule has 0 bridgehead atoms. The Morgan fingerprint density at radius 2 is 2.47 bits per heavy atom. The third kappa shape index (κ3) is 2.04. The van der Waals surface area contributed by atoms with E-state index in [9.17, 15) is 4.79 Å². The van der Waals surface area contributed by atoms with Crippen LogP contribution >= 0.6 is 0 Å². The molecule has 1 atom stereocenters. The monoisotopic (exact) mass is 208 g/mol. The van der Waals surface area contributed by atoms with E-state index in [0.29, 0.717) is 5.56 Å². The smallest absolute Gasteiger partial charge is 0.257 e. The van der Waals surface area contributed by atoms with Gasteiger partial charge in [0.25, 0.3) is 5.91 Å². The van der Waals surface area contributed by atoms with E-state index in [1.165, 1.54) is 6.26 Å². The number of nitrogens with zero attached hydrogens (tertiary/aromatic N) is 1. The van der Waals surface area contributed by atoms with Crippen LogP contribution in [0, 0.1) is 6.92 Å². The van der Waals surface area contributed by atoms with Crippen LogP contribution in [0.15, 0.2) is 16.7 Å². The molecule has 1 aromatic heterocycles. The predicted octanol–water partition coefficient (Wildman–Crippen LogP) is 1.02. The summed E-state index contributed by atoms with van der Waals surface area (Å²) in [5.41, 5.74) is 0.654. The summed E-state index contributed by atoms with van der Waals surface area (Å²) in [7, 11) is 0. The minimum absolute atomic E-state index is 0.0702. The number of carbonyl (C=O) groups excluding carboxylic acids is 1. The molecule has 15 heavy (non-hydrogen) atoms. The summed E-state index contributed by atoms with van der Waals surface area (Å²) in [6.45, 7) is 6.40. The molecule has 1 aliphatic rings. The van der Waals surface area contributed by atoms with Crippen LogP contribution in [0.4, 0.5) is 0 Å². The van der Waals surface area contributed by atoms with Gasteiger partial charge in [-0.2, -0.15) is 0 Å². The van der Waals surface area contributed by atoms with Gasteiger partial charge in [-0.3, -0.25) is 4.79 Å². The maximum atomic E-state index is 12.1. The quantitative estimate of drug-likeness (QED) is 0.749. The highest BCUT2D eigenvalue weighted by atomic mass is 16.3. The van der Waals surface area contributed by atoms with E-state index in [0.717, 1.165) is 25.4 Å². The van der Waals surface area contributed by atoms with Crippen molar-refractivity contribution in [3.8, 4) is 0 Å². The van der Waals surface area contributed by atoms with Gasteiger partial charge in [0, 0.05) is 25.7 Å². The number of aryl methyl sites for hydroxylation is 1. The van der Waals surface area contributed by atoms with E-state index in [1.807, 2.05) is 11.8 Å². The first kappa shape index (κ1) is 10.2. The highest BCUT2D eigenvalue weighted by Crippen LogP contribution is 2.12. The Morgan fingerprint density at radius 3 is 3.07 bits per heavy atom. The lowest BCUT2D eigenvalue weighted by molar-refractivity contribution is 0.0655.